The topological polar surface area (TPSA) is 110 Å². The van der Waals surface area contributed by atoms with Gasteiger partial charge in [0.25, 0.3) is 0 Å². The van der Waals surface area contributed by atoms with Gasteiger partial charge in [0.1, 0.15) is 16.7 Å². The van der Waals surface area contributed by atoms with Crippen LogP contribution in [0.15, 0.2) is 24.4 Å². The molecule has 0 spiro atoms. The summed E-state index contributed by atoms with van der Waals surface area (Å²) in [4.78, 5) is 12.0. The monoisotopic (exact) mass is 315 g/mol. The van der Waals surface area contributed by atoms with E-state index in [1.165, 1.54) is 17.9 Å². The molecule has 0 aliphatic rings. The van der Waals surface area contributed by atoms with Crippen LogP contribution in [-0.2, 0) is 4.74 Å². The normalized spacial score (nSPS) is 10.6. The molecule has 3 N–H and O–H groups in total. The number of ether oxygens (including phenoxy) is 1. The molecule has 0 unspecified atom stereocenters. The standard InChI is InChI=1S/C14H10ClN5O2/c1-22-14(21)12-10(17)7(5-16)6-20(12)9-4-2-3-8-11(9)18-19-13(8)15/h2-4,6H,17H2,1H3,(H,18,19). The molecule has 0 aliphatic carbocycles. The summed E-state index contributed by atoms with van der Waals surface area (Å²) in [6.07, 6.45) is 1.47. The summed E-state index contributed by atoms with van der Waals surface area (Å²) >= 11 is 6.03. The van der Waals surface area contributed by atoms with Crippen LogP contribution in [0.5, 0.6) is 0 Å². The highest BCUT2D eigenvalue weighted by Gasteiger charge is 2.23. The maximum atomic E-state index is 12.0. The van der Waals surface area contributed by atoms with Gasteiger partial charge in [-0.2, -0.15) is 10.4 Å². The van der Waals surface area contributed by atoms with Crippen LogP contribution in [0.25, 0.3) is 16.6 Å². The Kier molecular flexibility index (Phi) is 3.23. The molecule has 0 fully saturated rings. The van der Waals surface area contributed by atoms with E-state index in [1.54, 1.807) is 18.2 Å². The van der Waals surface area contributed by atoms with Crippen LogP contribution < -0.4 is 5.73 Å². The number of methoxy groups -OCH3 is 1. The van der Waals surface area contributed by atoms with Gasteiger partial charge in [-0.15, -0.1) is 0 Å². The number of aromatic amines is 1. The first kappa shape index (κ1) is 14.0. The van der Waals surface area contributed by atoms with Crippen LogP contribution >= 0.6 is 11.6 Å². The number of fused-ring (bicyclic) bond motifs is 1. The molecule has 22 heavy (non-hydrogen) atoms. The van der Waals surface area contributed by atoms with Gasteiger partial charge in [-0.3, -0.25) is 5.10 Å². The summed E-state index contributed by atoms with van der Waals surface area (Å²) in [5, 5.41) is 17.0. The zero-order valence-electron chi connectivity index (χ0n) is 11.4. The van der Waals surface area contributed by atoms with Crippen molar-refractivity contribution in [3.8, 4) is 11.8 Å². The van der Waals surface area contributed by atoms with Crippen LogP contribution in [0.4, 0.5) is 5.69 Å². The number of H-pyrrole nitrogens is 1. The third kappa shape index (κ3) is 1.89. The Hall–Kier alpha value is -2.98. The molecule has 7 nitrogen and oxygen atoms in total. The van der Waals surface area contributed by atoms with Gasteiger partial charge in [0, 0.05) is 11.6 Å². The molecule has 110 valence electrons. The lowest BCUT2D eigenvalue weighted by molar-refractivity contribution is 0.0593. The van der Waals surface area contributed by atoms with E-state index in [1.807, 2.05) is 6.07 Å². The number of aromatic nitrogens is 3. The number of carbonyl (C=O) groups is 1. The van der Waals surface area contributed by atoms with E-state index in [9.17, 15) is 4.79 Å². The van der Waals surface area contributed by atoms with Crippen molar-refractivity contribution in [1.29, 1.82) is 5.26 Å². The highest BCUT2D eigenvalue weighted by Crippen LogP contribution is 2.30. The number of esters is 1. The predicted octanol–water partition coefficient (Wildman–Crippen LogP) is 2.25. The molecule has 2 aromatic heterocycles. The number of nitriles is 1. The Bertz CT molecular complexity index is 935. The molecule has 0 amide bonds. The summed E-state index contributed by atoms with van der Waals surface area (Å²) in [6.45, 7) is 0. The number of anilines is 1. The molecule has 0 saturated heterocycles. The lowest BCUT2D eigenvalue weighted by Gasteiger charge is -2.08. The molecule has 0 atom stereocenters. The largest absolute Gasteiger partial charge is 0.464 e. The van der Waals surface area contributed by atoms with E-state index in [0.29, 0.717) is 21.7 Å². The molecule has 0 aliphatic heterocycles. The Morgan fingerprint density at radius 1 is 1.55 bits per heavy atom. The number of para-hydroxylation sites is 1. The number of nitrogens with two attached hydrogens (primary N) is 1. The van der Waals surface area contributed by atoms with Crippen molar-refractivity contribution in [3.05, 3.63) is 40.8 Å². The van der Waals surface area contributed by atoms with Gasteiger partial charge in [-0.25, -0.2) is 4.79 Å². The highest BCUT2D eigenvalue weighted by molar-refractivity contribution is 6.34. The van der Waals surface area contributed by atoms with Gasteiger partial charge in [0.05, 0.1) is 24.0 Å². The Morgan fingerprint density at radius 3 is 3.00 bits per heavy atom. The molecular weight excluding hydrogens is 306 g/mol. The Labute approximate surface area is 129 Å². The molecule has 0 radical (unpaired) electrons. The van der Waals surface area contributed by atoms with Crippen molar-refractivity contribution in [3.63, 3.8) is 0 Å². The molecule has 0 bridgehead atoms. The third-order valence-electron chi connectivity index (χ3n) is 3.32. The Morgan fingerprint density at radius 2 is 2.32 bits per heavy atom. The van der Waals surface area contributed by atoms with Gasteiger partial charge in [0.2, 0.25) is 0 Å². The number of carbonyl (C=O) groups excluding carboxylic acids is 1. The average Bonchev–Trinajstić information content (AvgIpc) is 3.07. The number of rotatable bonds is 2. The molecular formula is C14H10ClN5O2. The first-order valence-electron chi connectivity index (χ1n) is 6.20. The number of hydrogen-bond acceptors (Lipinski definition) is 5. The van der Waals surface area contributed by atoms with Crippen molar-refractivity contribution >= 4 is 34.2 Å². The molecule has 2 heterocycles. The van der Waals surface area contributed by atoms with E-state index in [2.05, 4.69) is 10.2 Å². The fourth-order valence-corrected chi connectivity index (χ4v) is 2.48. The predicted molar refractivity (Wildman–Crippen MR) is 80.9 cm³/mol. The van der Waals surface area contributed by atoms with Crippen LogP contribution in [0.2, 0.25) is 5.15 Å². The maximum absolute atomic E-state index is 12.0. The average molecular weight is 316 g/mol. The molecule has 8 heteroatoms. The first-order valence-corrected chi connectivity index (χ1v) is 6.58. The van der Waals surface area contributed by atoms with E-state index in [-0.39, 0.29) is 16.9 Å². The summed E-state index contributed by atoms with van der Waals surface area (Å²) < 4.78 is 6.24. The van der Waals surface area contributed by atoms with Gasteiger partial charge in [0.15, 0.2) is 5.69 Å². The quantitative estimate of drug-likeness (QED) is 0.705. The van der Waals surface area contributed by atoms with E-state index in [4.69, 9.17) is 27.3 Å². The SMILES string of the molecule is COC(=O)c1c(N)c(C#N)cn1-c1cccc2c(Cl)[nH]nc12. The van der Waals surface area contributed by atoms with Gasteiger partial charge >= 0.3 is 5.97 Å². The highest BCUT2D eigenvalue weighted by atomic mass is 35.5. The van der Waals surface area contributed by atoms with E-state index < -0.39 is 5.97 Å². The smallest absolute Gasteiger partial charge is 0.357 e. The fourth-order valence-electron chi connectivity index (χ4n) is 2.29. The number of nitrogens with zero attached hydrogens (tertiary/aromatic N) is 3. The van der Waals surface area contributed by atoms with Gasteiger partial charge < -0.3 is 15.0 Å². The van der Waals surface area contributed by atoms with Gasteiger partial charge in [-0.1, -0.05) is 17.7 Å². The first-order chi connectivity index (χ1) is 10.6. The van der Waals surface area contributed by atoms with Crippen LogP contribution in [0.3, 0.4) is 0 Å². The summed E-state index contributed by atoms with van der Waals surface area (Å²) in [6, 6.07) is 7.25. The number of benzene rings is 1. The second kappa shape index (κ2) is 5.09. The summed E-state index contributed by atoms with van der Waals surface area (Å²) in [7, 11) is 1.25. The minimum absolute atomic E-state index is 0.0629. The van der Waals surface area contributed by atoms with Crippen molar-refractivity contribution in [2.45, 2.75) is 0 Å². The van der Waals surface area contributed by atoms with E-state index in [0.717, 1.165) is 0 Å². The van der Waals surface area contributed by atoms with Crippen LogP contribution in [0.1, 0.15) is 16.1 Å². The minimum atomic E-state index is -0.641. The van der Waals surface area contributed by atoms with Gasteiger partial charge in [-0.05, 0) is 12.1 Å². The number of nitrogen functional groups attached to an aromatic ring is 1. The summed E-state index contributed by atoms with van der Waals surface area (Å²) in [5.74, 6) is -0.641. The number of nitrogens with one attached hydrogen (secondary N) is 1. The molecule has 3 aromatic rings. The zero-order chi connectivity index (χ0) is 15.9. The second-order valence-corrected chi connectivity index (χ2v) is 4.87. The number of hydrogen-bond donors (Lipinski definition) is 2. The van der Waals surface area contributed by atoms with Crippen molar-refractivity contribution in [2.75, 3.05) is 12.8 Å². The van der Waals surface area contributed by atoms with Crippen molar-refractivity contribution in [1.82, 2.24) is 14.8 Å². The Balaban J connectivity index is 2.36. The summed E-state index contributed by atoms with van der Waals surface area (Å²) in [5.41, 5.74) is 7.31. The number of halogens is 1. The third-order valence-corrected chi connectivity index (χ3v) is 3.61. The maximum Gasteiger partial charge on any atom is 0.357 e. The second-order valence-electron chi connectivity index (χ2n) is 4.49. The van der Waals surface area contributed by atoms with Crippen LogP contribution in [0, 0.1) is 11.3 Å². The lowest BCUT2D eigenvalue weighted by Crippen LogP contribution is -2.11. The van der Waals surface area contributed by atoms with Crippen molar-refractivity contribution < 1.29 is 9.53 Å². The fraction of sp³-hybridized carbons (Fsp3) is 0.0714. The molecule has 0 saturated carbocycles. The lowest BCUT2D eigenvalue weighted by atomic mass is 10.2. The minimum Gasteiger partial charge on any atom is -0.464 e. The van der Waals surface area contributed by atoms with E-state index >= 15 is 0 Å². The molecule has 1 aromatic carbocycles. The van der Waals surface area contributed by atoms with Crippen LogP contribution in [-0.4, -0.2) is 27.8 Å². The van der Waals surface area contributed by atoms with Crippen molar-refractivity contribution in [2.24, 2.45) is 0 Å². The zero-order valence-corrected chi connectivity index (χ0v) is 12.2. The molecule has 3 rings (SSSR count).